The predicted molar refractivity (Wildman–Crippen MR) is 261 cm³/mol. The Morgan fingerprint density at radius 2 is 0.812 bits per heavy atom. The lowest BCUT2D eigenvalue weighted by Gasteiger charge is -2.21. The number of aliphatic hydroxyl groups is 1. The highest BCUT2D eigenvalue weighted by Gasteiger charge is 2.28. The van der Waals surface area contributed by atoms with Gasteiger partial charge in [-0.2, -0.15) is 0 Å². The first-order valence-electron chi connectivity index (χ1n) is 25.9. The van der Waals surface area contributed by atoms with Gasteiger partial charge >= 0.3 is 25.7 Å². The number of rotatable bonds is 48. The van der Waals surface area contributed by atoms with Gasteiger partial charge in [-0.25, -0.2) is 4.57 Å². The number of aliphatic hydroxyl groups excluding tert-OH is 1. The third-order valence-electron chi connectivity index (χ3n) is 11.1. The van der Waals surface area contributed by atoms with Crippen LogP contribution < -0.4 is 0 Å². The number of carbonyl (C=O) groups excluding carboxylic acids is 3. The first-order chi connectivity index (χ1) is 31.2. The Labute approximate surface area is 390 Å². The van der Waals surface area contributed by atoms with Crippen LogP contribution in [0.5, 0.6) is 0 Å². The third-order valence-corrected chi connectivity index (χ3v) is 12.0. The molecule has 0 heterocycles. The molecule has 0 bridgehead atoms. The van der Waals surface area contributed by atoms with Crippen LogP contribution in [-0.4, -0.2) is 66.5 Å². The first-order valence-corrected chi connectivity index (χ1v) is 27.4. The summed E-state index contributed by atoms with van der Waals surface area (Å²) in [6.07, 6.45) is 45.5. The van der Waals surface area contributed by atoms with Crippen LogP contribution in [0.4, 0.5) is 0 Å². The van der Waals surface area contributed by atoms with Gasteiger partial charge in [0, 0.05) is 19.3 Å². The zero-order valence-corrected chi connectivity index (χ0v) is 41.9. The Bertz CT molecular complexity index is 1220. The number of carbonyl (C=O) groups is 3. The summed E-state index contributed by atoms with van der Waals surface area (Å²) in [6.45, 7) is 4.49. The molecular weight excluding hydrogens is 832 g/mol. The second-order valence-corrected chi connectivity index (χ2v) is 18.8. The van der Waals surface area contributed by atoms with E-state index in [1.165, 1.54) is 103 Å². The highest BCUT2D eigenvalue weighted by atomic mass is 31.2. The Hall–Kier alpha value is -2.30. The van der Waals surface area contributed by atoms with Crippen LogP contribution in [0.1, 0.15) is 239 Å². The van der Waals surface area contributed by atoms with E-state index in [0.29, 0.717) is 19.3 Å². The molecule has 2 N–H and O–H groups in total. The Balaban J connectivity index is 4.76. The van der Waals surface area contributed by atoms with E-state index >= 15 is 0 Å². The van der Waals surface area contributed by atoms with Crippen molar-refractivity contribution in [1.29, 1.82) is 0 Å². The summed E-state index contributed by atoms with van der Waals surface area (Å²) in [5.41, 5.74) is 0. The number of phosphoric ester groups is 1. The molecule has 3 unspecified atom stereocenters. The van der Waals surface area contributed by atoms with Crippen LogP contribution >= 0.6 is 7.82 Å². The molecule has 11 nitrogen and oxygen atoms in total. The molecule has 0 saturated heterocycles. The van der Waals surface area contributed by atoms with Gasteiger partial charge in [-0.15, -0.1) is 0 Å². The molecule has 374 valence electrons. The van der Waals surface area contributed by atoms with Crippen molar-refractivity contribution < 1.29 is 52.2 Å². The standard InChI is InChI=1S/C52H95O11P/c1-4-7-10-13-16-19-22-24-27-29-32-35-38-41-50(54)59-45-49(63-52(56)43-40-37-34-31-28-25-23-20-17-14-11-8-5-2)47-61-64(57,58)60-46-48(44-53)62-51(55)42-39-36-33-30-26-21-18-15-12-9-6-3/h8,11,17,20,25,28,48-49,53H,4-7,9-10,12-16,18-19,21-24,26-27,29-47H2,1-3H3,(H,57,58)/b11-8-,20-17-,28-25-. The average Bonchev–Trinajstić information content (AvgIpc) is 3.28. The summed E-state index contributed by atoms with van der Waals surface area (Å²) in [6, 6.07) is 0. The molecule has 0 saturated carbocycles. The van der Waals surface area contributed by atoms with Crippen molar-refractivity contribution in [2.24, 2.45) is 0 Å². The molecule has 0 aromatic rings. The van der Waals surface area contributed by atoms with Gasteiger partial charge < -0.3 is 24.2 Å². The fourth-order valence-corrected chi connectivity index (χ4v) is 7.92. The molecule has 64 heavy (non-hydrogen) atoms. The predicted octanol–water partition coefficient (Wildman–Crippen LogP) is 14.5. The number of ether oxygens (including phenoxy) is 3. The zero-order chi connectivity index (χ0) is 47.0. The maximum atomic E-state index is 12.8. The summed E-state index contributed by atoms with van der Waals surface area (Å²) < 4.78 is 39.3. The average molecular weight is 927 g/mol. The van der Waals surface area contributed by atoms with E-state index in [-0.39, 0.29) is 25.9 Å². The lowest BCUT2D eigenvalue weighted by molar-refractivity contribution is -0.161. The first kappa shape index (κ1) is 61.7. The van der Waals surface area contributed by atoms with Crippen LogP contribution in [0.25, 0.3) is 0 Å². The number of hydrogen-bond donors (Lipinski definition) is 2. The molecule has 0 aromatic carbocycles. The van der Waals surface area contributed by atoms with Crippen molar-refractivity contribution in [1.82, 2.24) is 0 Å². The maximum absolute atomic E-state index is 12.8. The third kappa shape index (κ3) is 44.9. The highest BCUT2D eigenvalue weighted by Crippen LogP contribution is 2.43. The largest absolute Gasteiger partial charge is 0.472 e. The zero-order valence-electron chi connectivity index (χ0n) is 41.0. The van der Waals surface area contributed by atoms with Crippen molar-refractivity contribution >= 4 is 25.7 Å². The van der Waals surface area contributed by atoms with Gasteiger partial charge in [-0.05, 0) is 51.4 Å². The van der Waals surface area contributed by atoms with Crippen molar-refractivity contribution in [3.8, 4) is 0 Å². The molecule has 0 spiro atoms. The van der Waals surface area contributed by atoms with Crippen LogP contribution in [0, 0.1) is 0 Å². The second kappa shape index (κ2) is 47.2. The molecule has 0 aromatic heterocycles. The number of hydrogen-bond acceptors (Lipinski definition) is 10. The van der Waals surface area contributed by atoms with Crippen molar-refractivity contribution in [2.45, 2.75) is 251 Å². The van der Waals surface area contributed by atoms with E-state index in [2.05, 4.69) is 57.2 Å². The smallest absolute Gasteiger partial charge is 0.462 e. The Morgan fingerprint density at radius 3 is 1.25 bits per heavy atom. The molecule has 0 aliphatic heterocycles. The monoisotopic (exact) mass is 927 g/mol. The number of esters is 3. The number of allylic oxidation sites excluding steroid dienone is 6. The number of phosphoric acid groups is 1. The summed E-state index contributed by atoms with van der Waals surface area (Å²) in [7, 11) is -4.74. The van der Waals surface area contributed by atoms with E-state index in [1.807, 2.05) is 0 Å². The Morgan fingerprint density at radius 1 is 0.453 bits per heavy atom. The molecule has 0 radical (unpaired) electrons. The molecule has 0 aliphatic carbocycles. The minimum absolute atomic E-state index is 0.136. The fourth-order valence-electron chi connectivity index (χ4n) is 7.14. The minimum Gasteiger partial charge on any atom is -0.462 e. The molecule has 3 atom stereocenters. The molecule has 0 fully saturated rings. The lowest BCUT2D eigenvalue weighted by atomic mass is 10.0. The Kier molecular flexibility index (Phi) is 45.5. The van der Waals surface area contributed by atoms with Gasteiger partial charge in [0.1, 0.15) is 12.7 Å². The summed E-state index contributed by atoms with van der Waals surface area (Å²) >= 11 is 0. The van der Waals surface area contributed by atoms with Gasteiger partial charge in [0.25, 0.3) is 0 Å². The molecule has 12 heteroatoms. The highest BCUT2D eigenvalue weighted by molar-refractivity contribution is 7.47. The summed E-state index contributed by atoms with van der Waals surface area (Å²) in [5.74, 6) is -1.49. The summed E-state index contributed by atoms with van der Waals surface area (Å²) in [5, 5.41) is 9.75. The van der Waals surface area contributed by atoms with Gasteiger partial charge in [0.15, 0.2) is 6.10 Å². The molecular formula is C52H95O11P. The van der Waals surface area contributed by atoms with Crippen molar-refractivity contribution in [3.05, 3.63) is 36.5 Å². The SMILES string of the molecule is CC/C=C\C/C=C\C/C=C\CCCCCC(=O)OC(COC(=O)CCCCCCCCCCCCCCC)COP(=O)(O)OCC(CO)OC(=O)CCCCCCCCCCCCC. The van der Waals surface area contributed by atoms with Crippen LogP contribution in [0.15, 0.2) is 36.5 Å². The van der Waals surface area contributed by atoms with E-state index in [0.717, 1.165) is 77.0 Å². The normalized spacial score (nSPS) is 13.8. The van der Waals surface area contributed by atoms with E-state index in [1.54, 1.807) is 0 Å². The van der Waals surface area contributed by atoms with Crippen LogP contribution in [-0.2, 0) is 42.2 Å². The van der Waals surface area contributed by atoms with Gasteiger partial charge in [-0.1, -0.05) is 205 Å². The topological polar surface area (TPSA) is 155 Å². The van der Waals surface area contributed by atoms with Gasteiger partial charge in [0.05, 0.1) is 19.8 Å². The van der Waals surface area contributed by atoms with Crippen molar-refractivity contribution in [3.63, 3.8) is 0 Å². The van der Waals surface area contributed by atoms with Crippen LogP contribution in [0.3, 0.4) is 0 Å². The quantitative estimate of drug-likeness (QED) is 0.0197. The molecule has 0 rings (SSSR count). The van der Waals surface area contributed by atoms with E-state index in [4.69, 9.17) is 23.3 Å². The van der Waals surface area contributed by atoms with Crippen LogP contribution in [0.2, 0.25) is 0 Å². The van der Waals surface area contributed by atoms with Crippen molar-refractivity contribution in [2.75, 3.05) is 26.4 Å². The second-order valence-electron chi connectivity index (χ2n) is 17.3. The number of unbranched alkanes of at least 4 members (excludes halogenated alkanes) is 25. The summed E-state index contributed by atoms with van der Waals surface area (Å²) in [4.78, 5) is 48.2. The van der Waals surface area contributed by atoms with Gasteiger partial charge in [-0.3, -0.25) is 23.4 Å². The molecule has 0 aliphatic rings. The van der Waals surface area contributed by atoms with E-state index in [9.17, 15) is 28.9 Å². The van der Waals surface area contributed by atoms with E-state index < -0.39 is 57.8 Å². The van der Waals surface area contributed by atoms with Gasteiger partial charge in [0.2, 0.25) is 0 Å². The molecule has 0 amide bonds. The maximum Gasteiger partial charge on any atom is 0.472 e. The fraction of sp³-hybridized carbons (Fsp3) is 0.827. The lowest BCUT2D eigenvalue weighted by Crippen LogP contribution is -2.30. The minimum atomic E-state index is -4.74.